The average Bonchev–Trinajstić information content (AvgIpc) is 2.94. The number of piperidine rings is 1. The fraction of sp³-hybridized carbons (Fsp3) is 0.364. The Morgan fingerprint density at radius 3 is 2.08 bits per heavy atom. The van der Waals surface area contributed by atoms with Gasteiger partial charge in [-0.15, -0.1) is 0 Å². The van der Waals surface area contributed by atoms with E-state index in [1.807, 2.05) is 6.07 Å². The molecule has 0 aliphatic carbocycles. The number of rotatable bonds is 6. The molecule has 3 aromatic carbocycles. The van der Waals surface area contributed by atoms with Crippen LogP contribution in [0.5, 0.6) is 0 Å². The molecule has 0 amide bonds. The lowest BCUT2D eigenvalue weighted by molar-refractivity contribution is -0.0712. The van der Waals surface area contributed by atoms with Crippen LogP contribution in [0, 0.1) is 0 Å². The Labute approximate surface area is 236 Å². The largest absolute Gasteiger partial charge is 0.378 e. The summed E-state index contributed by atoms with van der Waals surface area (Å²) in [7, 11) is -1.51. The van der Waals surface area contributed by atoms with Gasteiger partial charge in [-0.2, -0.15) is 0 Å². The van der Waals surface area contributed by atoms with E-state index in [1.54, 1.807) is 35.9 Å². The number of fused-ring (bicyclic) bond motifs is 1. The summed E-state index contributed by atoms with van der Waals surface area (Å²) in [4.78, 5) is 16.3. The molecule has 2 aliphatic heterocycles. The minimum atomic E-state index is -3.31. The van der Waals surface area contributed by atoms with Crippen molar-refractivity contribution in [2.45, 2.75) is 43.0 Å². The standard InChI is InChI=1S/C33H36N2O4S/c1-4-29-30-19-26(23-7-5-22(6-8-23)24-15-17-35(18-16-24)27-20-39-21-27)11-14-31(30)34(2)33(36)32(29)25-9-12-28(13-10-25)40(3,37)38/h5-14,19,24,27H,4,15-18,20-21H2,1-3H3. The van der Waals surface area contributed by atoms with E-state index in [1.165, 1.54) is 24.7 Å². The molecule has 0 spiro atoms. The minimum absolute atomic E-state index is 0.0792. The zero-order valence-corrected chi connectivity index (χ0v) is 24.2. The molecule has 0 saturated carbocycles. The number of hydrogen-bond donors (Lipinski definition) is 0. The predicted molar refractivity (Wildman–Crippen MR) is 161 cm³/mol. The molecular formula is C33H36N2O4S. The Balaban J connectivity index is 1.32. The van der Waals surface area contributed by atoms with E-state index in [4.69, 9.17) is 4.74 Å². The van der Waals surface area contributed by atoms with Gasteiger partial charge in [0.05, 0.1) is 35.2 Å². The van der Waals surface area contributed by atoms with Crippen molar-refractivity contribution in [2.75, 3.05) is 32.6 Å². The molecule has 208 valence electrons. The monoisotopic (exact) mass is 556 g/mol. The Bertz CT molecular complexity index is 1710. The molecule has 3 heterocycles. The van der Waals surface area contributed by atoms with Gasteiger partial charge in [-0.05, 0) is 90.4 Å². The van der Waals surface area contributed by atoms with Gasteiger partial charge in [-0.25, -0.2) is 8.42 Å². The van der Waals surface area contributed by atoms with Crippen molar-refractivity contribution >= 4 is 20.7 Å². The van der Waals surface area contributed by atoms with Crippen LogP contribution in [0.4, 0.5) is 0 Å². The van der Waals surface area contributed by atoms with E-state index in [2.05, 4.69) is 48.2 Å². The minimum Gasteiger partial charge on any atom is -0.378 e. The second kappa shape index (κ2) is 10.6. The number of sulfone groups is 1. The first-order chi connectivity index (χ1) is 19.2. The SMILES string of the molecule is CCc1c(-c2ccc(S(C)(=O)=O)cc2)c(=O)n(C)c2ccc(-c3ccc(C4CCN(C5COC5)CC4)cc3)cc12. The van der Waals surface area contributed by atoms with Crippen molar-refractivity contribution in [3.8, 4) is 22.3 Å². The second-order valence-corrected chi connectivity index (χ2v) is 13.2. The number of pyridine rings is 1. The summed E-state index contributed by atoms with van der Waals surface area (Å²) in [6.45, 7) is 6.12. The molecule has 0 bridgehead atoms. The van der Waals surface area contributed by atoms with Crippen molar-refractivity contribution in [3.63, 3.8) is 0 Å². The summed E-state index contributed by atoms with van der Waals surface area (Å²) in [5.74, 6) is 0.598. The first-order valence-corrected chi connectivity index (χ1v) is 16.0. The van der Waals surface area contributed by atoms with Crippen LogP contribution in [0.15, 0.2) is 76.4 Å². The van der Waals surface area contributed by atoms with Gasteiger partial charge in [0.25, 0.3) is 5.56 Å². The van der Waals surface area contributed by atoms with Crippen LogP contribution in [0.25, 0.3) is 33.2 Å². The number of hydrogen-bond acceptors (Lipinski definition) is 5. The molecule has 7 heteroatoms. The number of likely N-dealkylation sites (tertiary alicyclic amines) is 1. The summed E-state index contributed by atoms with van der Waals surface area (Å²) < 4.78 is 31.0. The predicted octanol–water partition coefficient (Wildman–Crippen LogP) is 5.42. The van der Waals surface area contributed by atoms with E-state index in [0.717, 1.165) is 59.5 Å². The van der Waals surface area contributed by atoms with Gasteiger partial charge in [0.15, 0.2) is 9.84 Å². The third-order valence-electron chi connectivity index (χ3n) is 8.81. The third kappa shape index (κ3) is 4.91. The van der Waals surface area contributed by atoms with Crippen LogP contribution in [0.3, 0.4) is 0 Å². The Kier molecular flexibility index (Phi) is 7.15. The van der Waals surface area contributed by atoms with Crippen LogP contribution in [0.2, 0.25) is 0 Å². The number of ether oxygens (including phenoxy) is 1. The van der Waals surface area contributed by atoms with Gasteiger partial charge in [0.2, 0.25) is 0 Å². The first kappa shape index (κ1) is 26.9. The van der Waals surface area contributed by atoms with Crippen LogP contribution >= 0.6 is 0 Å². The fourth-order valence-corrected chi connectivity index (χ4v) is 6.93. The van der Waals surface area contributed by atoms with E-state index in [-0.39, 0.29) is 10.5 Å². The Morgan fingerprint density at radius 2 is 1.50 bits per heavy atom. The molecule has 0 atom stereocenters. The highest BCUT2D eigenvalue weighted by Gasteiger charge is 2.30. The van der Waals surface area contributed by atoms with Gasteiger partial charge in [0.1, 0.15) is 0 Å². The highest BCUT2D eigenvalue weighted by Crippen LogP contribution is 2.34. The van der Waals surface area contributed by atoms with Crippen molar-refractivity contribution < 1.29 is 13.2 Å². The van der Waals surface area contributed by atoms with E-state index in [0.29, 0.717) is 23.9 Å². The molecule has 2 aliphatic rings. The van der Waals surface area contributed by atoms with E-state index >= 15 is 0 Å². The molecule has 2 fully saturated rings. The maximum absolute atomic E-state index is 13.5. The van der Waals surface area contributed by atoms with Crippen LogP contribution in [-0.4, -0.2) is 56.5 Å². The van der Waals surface area contributed by atoms with Gasteiger partial charge in [-0.3, -0.25) is 9.69 Å². The number of aryl methyl sites for hydroxylation is 2. The summed E-state index contributed by atoms with van der Waals surface area (Å²) in [6.07, 6.45) is 4.25. The number of benzene rings is 3. The molecule has 0 radical (unpaired) electrons. The van der Waals surface area contributed by atoms with Crippen molar-refractivity contribution in [2.24, 2.45) is 7.05 Å². The summed E-state index contributed by atoms with van der Waals surface area (Å²) in [6, 6.07) is 22.6. The Morgan fingerprint density at radius 1 is 0.875 bits per heavy atom. The normalized spacial score (nSPS) is 17.3. The number of nitrogens with zero attached hydrogens (tertiary/aromatic N) is 2. The lowest BCUT2D eigenvalue weighted by Crippen LogP contribution is -2.51. The second-order valence-electron chi connectivity index (χ2n) is 11.2. The van der Waals surface area contributed by atoms with Crippen molar-refractivity contribution in [1.82, 2.24) is 9.47 Å². The molecule has 1 aromatic heterocycles. The van der Waals surface area contributed by atoms with Gasteiger partial charge in [-0.1, -0.05) is 49.4 Å². The van der Waals surface area contributed by atoms with Crippen molar-refractivity contribution in [1.29, 1.82) is 0 Å². The summed E-state index contributed by atoms with van der Waals surface area (Å²) in [5.41, 5.74) is 6.84. The zero-order chi connectivity index (χ0) is 28.0. The van der Waals surface area contributed by atoms with Crippen LogP contribution < -0.4 is 5.56 Å². The molecule has 6 rings (SSSR count). The van der Waals surface area contributed by atoms with E-state index in [9.17, 15) is 13.2 Å². The quantitative estimate of drug-likeness (QED) is 0.317. The van der Waals surface area contributed by atoms with Crippen molar-refractivity contribution in [3.05, 3.63) is 88.2 Å². The van der Waals surface area contributed by atoms with Gasteiger partial charge < -0.3 is 9.30 Å². The maximum atomic E-state index is 13.5. The highest BCUT2D eigenvalue weighted by atomic mass is 32.2. The first-order valence-electron chi connectivity index (χ1n) is 14.1. The van der Waals surface area contributed by atoms with Crippen LogP contribution in [-0.2, 0) is 28.0 Å². The summed E-state index contributed by atoms with van der Waals surface area (Å²) in [5, 5.41) is 1.04. The fourth-order valence-electron chi connectivity index (χ4n) is 6.30. The lowest BCUT2D eigenvalue weighted by atomic mass is 9.87. The molecule has 0 N–H and O–H groups in total. The maximum Gasteiger partial charge on any atom is 0.258 e. The molecule has 40 heavy (non-hydrogen) atoms. The summed E-state index contributed by atoms with van der Waals surface area (Å²) >= 11 is 0. The van der Waals surface area contributed by atoms with Gasteiger partial charge >= 0.3 is 0 Å². The van der Waals surface area contributed by atoms with Gasteiger partial charge in [0, 0.05) is 18.7 Å². The number of aromatic nitrogens is 1. The lowest BCUT2D eigenvalue weighted by Gasteiger charge is -2.41. The smallest absolute Gasteiger partial charge is 0.258 e. The molecule has 6 nitrogen and oxygen atoms in total. The molecular weight excluding hydrogens is 520 g/mol. The topological polar surface area (TPSA) is 68.6 Å². The average molecular weight is 557 g/mol. The Hall–Kier alpha value is -3.26. The highest BCUT2D eigenvalue weighted by molar-refractivity contribution is 7.90. The molecule has 2 saturated heterocycles. The third-order valence-corrected chi connectivity index (χ3v) is 9.94. The molecule has 4 aromatic rings. The van der Waals surface area contributed by atoms with E-state index < -0.39 is 9.84 Å². The zero-order valence-electron chi connectivity index (χ0n) is 23.4. The molecule has 0 unspecified atom stereocenters. The van der Waals surface area contributed by atoms with Crippen LogP contribution in [0.1, 0.15) is 36.8 Å².